The van der Waals surface area contributed by atoms with Crippen LogP contribution in [0.15, 0.2) is 29.2 Å². The van der Waals surface area contributed by atoms with E-state index in [4.69, 9.17) is 10.7 Å². The Morgan fingerprint density at radius 1 is 1.14 bits per heavy atom. The Hall–Kier alpha value is -1.07. The second kappa shape index (κ2) is 9.05. The van der Waals surface area contributed by atoms with Crippen LogP contribution in [0.1, 0.15) is 55.8 Å². The average Bonchev–Trinajstić information content (AvgIpc) is 2.45. The van der Waals surface area contributed by atoms with Crippen molar-refractivity contribution in [3.8, 4) is 0 Å². The number of hydrogen-bond donors (Lipinski definition) is 1. The van der Waals surface area contributed by atoms with Crippen LogP contribution in [0.2, 0.25) is 0 Å². The Morgan fingerprint density at radius 2 is 1.81 bits per heavy atom. The highest BCUT2D eigenvalue weighted by Crippen LogP contribution is 2.16. The molecule has 0 heterocycles. The van der Waals surface area contributed by atoms with Crippen LogP contribution in [0, 0.1) is 0 Å². The van der Waals surface area contributed by atoms with Crippen LogP contribution in [-0.2, 0) is 9.05 Å². The molecule has 1 N–H and O–H groups in total. The van der Waals surface area contributed by atoms with Crippen molar-refractivity contribution in [3.63, 3.8) is 0 Å². The molecule has 0 spiro atoms. The lowest BCUT2D eigenvalue weighted by atomic mass is 10.1. The van der Waals surface area contributed by atoms with Crippen LogP contribution in [0.25, 0.3) is 0 Å². The van der Waals surface area contributed by atoms with Gasteiger partial charge < -0.3 is 5.32 Å². The molecule has 0 saturated heterocycles. The van der Waals surface area contributed by atoms with Crippen molar-refractivity contribution in [1.82, 2.24) is 5.32 Å². The molecule has 0 aromatic heterocycles. The van der Waals surface area contributed by atoms with E-state index in [-0.39, 0.29) is 10.8 Å². The summed E-state index contributed by atoms with van der Waals surface area (Å²) in [6, 6.07) is 5.74. The highest BCUT2D eigenvalue weighted by Gasteiger charge is 2.12. The molecule has 118 valence electrons. The lowest BCUT2D eigenvalue weighted by Gasteiger charge is -2.06. The fraction of sp³-hybridized carbons (Fsp3) is 0.533. The molecule has 1 rings (SSSR count). The largest absolute Gasteiger partial charge is 0.352 e. The number of nitrogens with one attached hydrogen (secondary N) is 1. The van der Waals surface area contributed by atoms with Crippen LogP contribution in [0.4, 0.5) is 0 Å². The van der Waals surface area contributed by atoms with Gasteiger partial charge in [-0.25, -0.2) is 8.42 Å². The maximum absolute atomic E-state index is 11.9. The van der Waals surface area contributed by atoms with E-state index in [9.17, 15) is 13.2 Å². The number of carbonyl (C=O) groups excluding carboxylic acids is 1. The van der Waals surface area contributed by atoms with Crippen LogP contribution in [0.3, 0.4) is 0 Å². The van der Waals surface area contributed by atoms with Crippen molar-refractivity contribution in [2.45, 2.75) is 50.3 Å². The summed E-state index contributed by atoms with van der Waals surface area (Å²) in [6.45, 7) is 2.78. The maximum atomic E-state index is 11.9. The number of unbranched alkanes of at least 4 members (excludes halogenated alkanes) is 5. The SMILES string of the molecule is CCCCCCCCNC(=O)c1cccc(S(=O)(=O)Cl)c1. The number of rotatable bonds is 9. The Labute approximate surface area is 131 Å². The normalized spacial score (nSPS) is 11.3. The van der Waals surface area contributed by atoms with E-state index in [1.54, 1.807) is 6.07 Å². The van der Waals surface area contributed by atoms with Gasteiger partial charge in [0.1, 0.15) is 0 Å². The van der Waals surface area contributed by atoms with Crippen LogP contribution < -0.4 is 5.32 Å². The Kier molecular flexibility index (Phi) is 7.75. The summed E-state index contributed by atoms with van der Waals surface area (Å²) in [5.74, 6) is -0.272. The second-order valence-corrected chi connectivity index (χ2v) is 7.56. The summed E-state index contributed by atoms with van der Waals surface area (Å²) in [6.07, 6.45) is 6.92. The smallest absolute Gasteiger partial charge is 0.261 e. The molecule has 0 aliphatic carbocycles. The topological polar surface area (TPSA) is 63.2 Å². The molecule has 1 aromatic carbocycles. The number of benzene rings is 1. The summed E-state index contributed by atoms with van der Waals surface area (Å²) in [4.78, 5) is 11.9. The minimum absolute atomic E-state index is 0.0589. The van der Waals surface area contributed by atoms with Gasteiger partial charge in [0, 0.05) is 22.8 Å². The van der Waals surface area contributed by atoms with E-state index in [1.807, 2.05) is 0 Å². The summed E-state index contributed by atoms with van der Waals surface area (Å²) >= 11 is 0. The van der Waals surface area contributed by atoms with E-state index in [2.05, 4.69) is 12.2 Å². The third-order valence-corrected chi connectivity index (χ3v) is 4.55. The molecule has 1 amide bonds. The van der Waals surface area contributed by atoms with Crippen molar-refractivity contribution in [2.24, 2.45) is 0 Å². The molecule has 0 bridgehead atoms. The predicted octanol–water partition coefficient (Wildman–Crippen LogP) is 3.70. The molecular weight excluding hydrogens is 310 g/mol. The van der Waals surface area contributed by atoms with Crippen LogP contribution in [0.5, 0.6) is 0 Å². The minimum Gasteiger partial charge on any atom is -0.352 e. The average molecular weight is 332 g/mol. The third-order valence-electron chi connectivity index (χ3n) is 3.19. The maximum Gasteiger partial charge on any atom is 0.261 e. The second-order valence-electron chi connectivity index (χ2n) is 4.99. The molecule has 1 aromatic rings. The van der Waals surface area contributed by atoms with Gasteiger partial charge in [0.25, 0.3) is 15.0 Å². The number of hydrogen-bond acceptors (Lipinski definition) is 3. The first-order valence-corrected chi connectivity index (χ1v) is 9.59. The zero-order valence-electron chi connectivity index (χ0n) is 12.3. The molecule has 0 radical (unpaired) electrons. The van der Waals surface area contributed by atoms with Gasteiger partial charge in [0.15, 0.2) is 0 Å². The van der Waals surface area contributed by atoms with Crippen molar-refractivity contribution in [3.05, 3.63) is 29.8 Å². The molecule has 0 aliphatic rings. The number of amides is 1. The molecule has 21 heavy (non-hydrogen) atoms. The number of carbonyl (C=O) groups is 1. The van der Waals surface area contributed by atoms with Gasteiger partial charge in [-0.05, 0) is 24.6 Å². The van der Waals surface area contributed by atoms with Gasteiger partial charge in [-0.2, -0.15) is 0 Å². The third kappa shape index (κ3) is 6.96. The van der Waals surface area contributed by atoms with Crippen molar-refractivity contribution >= 4 is 25.6 Å². The highest BCUT2D eigenvalue weighted by molar-refractivity contribution is 8.13. The van der Waals surface area contributed by atoms with Gasteiger partial charge in [-0.15, -0.1) is 0 Å². The minimum atomic E-state index is -3.80. The molecule has 0 atom stereocenters. The van der Waals surface area contributed by atoms with Crippen molar-refractivity contribution in [2.75, 3.05) is 6.54 Å². The molecule has 0 fully saturated rings. The monoisotopic (exact) mass is 331 g/mol. The fourth-order valence-corrected chi connectivity index (χ4v) is 2.80. The Morgan fingerprint density at radius 3 is 2.48 bits per heavy atom. The van der Waals surface area contributed by atoms with E-state index in [0.717, 1.165) is 12.8 Å². The number of halogens is 1. The van der Waals surface area contributed by atoms with Gasteiger partial charge >= 0.3 is 0 Å². The quantitative estimate of drug-likeness (QED) is 0.554. The highest BCUT2D eigenvalue weighted by atomic mass is 35.7. The zero-order valence-corrected chi connectivity index (χ0v) is 13.8. The van der Waals surface area contributed by atoms with Crippen molar-refractivity contribution < 1.29 is 13.2 Å². The van der Waals surface area contributed by atoms with Gasteiger partial charge in [0.2, 0.25) is 0 Å². The zero-order chi connectivity index (χ0) is 15.7. The summed E-state index contributed by atoms with van der Waals surface area (Å²) < 4.78 is 22.5. The van der Waals surface area contributed by atoms with Crippen LogP contribution in [-0.4, -0.2) is 20.9 Å². The predicted molar refractivity (Wildman–Crippen MR) is 85.2 cm³/mol. The molecule has 0 unspecified atom stereocenters. The van der Waals surface area contributed by atoms with E-state index in [0.29, 0.717) is 12.1 Å². The van der Waals surface area contributed by atoms with E-state index < -0.39 is 9.05 Å². The lowest BCUT2D eigenvalue weighted by molar-refractivity contribution is 0.0952. The lowest BCUT2D eigenvalue weighted by Crippen LogP contribution is -2.24. The molecule has 4 nitrogen and oxygen atoms in total. The summed E-state index contributed by atoms with van der Waals surface area (Å²) in [5, 5.41) is 2.79. The van der Waals surface area contributed by atoms with E-state index in [1.165, 1.54) is 43.9 Å². The first-order chi connectivity index (χ1) is 9.95. The first-order valence-electron chi connectivity index (χ1n) is 7.28. The Balaban J connectivity index is 2.39. The molecular formula is C15H22ClNO3S. The van der Waals surface area contributed by atoms with Crippen molar-refractivity contribution in [1.29, 1.82) is 0 Å². The van der Waals surface area contributed by atoms with E-state index >= 15 is 0 Å². The van der Waals surface area contributed by atoms with Gasteiger partial charge in [-0.3, -0.25) is 4.79 Å². The summed E-state index contributed by atoms with van der Waals surface area (Å²) in [7, 11) is 1.46. The Bertz CT molecular complexity index is 558. The van der Waals surface area contributed by atoms with Gasteiger partial charge in [-0.1, -0.05) is 45.1 Å². The first kappa shape index (κ1) is 18.0. The van der Waals surface area contributed by atoms with Gasteiger partial charge in [0.05, 0.1) is 4.90 Å². The molecule has 0 saturated carbocycles. The summed E-state index contributed by atoms with van der Waals surface area (Å²) in [5.41, 5.74) is 0.308. The molecule has 6 heteroatoms. The fourth-order valence-electron chi connectivity index (χ4n) is 2.00. The molecule has 0 aliphatic heterocycles. The standard InChI is InChI=1S/C15H22ClNO3S/c1-2-3-4-5-6-7-11-17-15(18)13-9-8-10-14(12-13)21(16,19)20/h8-10,12H,2-7,11H2,1H3,(H,17,18). The van der Waals surface area contributed by atoms with Crippen LogP contribution >= 0.6 is 10.7 Å².